The van der Waals surface area contributed by atoms with Gasteiger partial charge in [0.1, 0.15) is 29.7 Å². The summed E-state index contributed by atoms with van der Waals surface area (Å²) in [4.78, 5) is 16.3. The van der Waals surface area contributed by atoms with E-state index >= 15 is 0 Å². The Morgan fingerprint density at radius 3 is 2.60 bits per heavy atom. The van der Waals surface area contributed by atoms with E-state index in [1.807, 2.05) is 0 Å². The lowest BCUT2D eigenvalue weighted by atomic mass is 9.77. The van der Waals surface area contributed by atoms with Gasteiger partial charge >= 0.3 is 0 Å². The van der Waals surface area contributed by atoms with Crippen LogP contribution in [-0.4, -0.2) is 29.9 Å². The van der Waals surface area contributed by atoms with Gasteiger partial charge in [0.25, 0.3) is 5.92 Å². The molecule has 1 saturated carbocycles. The number of hydrogen-bond acceptors (Lipinski definition) is 4. The number of hydrogen-bond donors (Lipinski definition) is 2. The van der Waals surface area contributed by atoms with Crippen LogP contribution in [-0.2, 0) is 15.1 Å². The van der Waals surface area contributed by atoms with Gasteiger partial charge in [0.2, 0.25) is 5.91 Å². The molecule has 0 aromatic heterocycles. The number of halogens is 3. The fraction of sp³-hybridized carbons (Fsp3) is 0.529. The van der Waals surface area contributed by atoms with Crippen LogP contribution in [0.2, 0.25) is 0 Å². The van der Waals surface area contributed by atoms with Gasteiger partial charge in [0.15, 0.2) is 0 Å². The normalized spacial score (nSPS) is 29.7. The molecule has 1 aromatic carbocycles. The number of anilines is 1. The maximum atomic E-state index is 14.5. The topological polar surface area (TPSA) is 76.7 Å². The SMILES string of the molecule is CC1(C)OCC(N)=N[C@]1(C)c1cc(NC(=O)C2CC2(F)F)ccc1F. The Bertz CT molecular complexity index is 764. The number of alkyl halides is 2. The van der Waals surface area contributed by atoms with Crippen molar-refractivity contribution in [2.24, 2.45) is 16.6 Å². The zero-order valence-electron chi connectivity index (χ0n) is 14.2. The van der Waals surface area contributed by atoms with Gasteiger partial charge in [-0.3, -0.25) is 9.79 Å². The molecule has 136 valence electrons. The minimum Gasteiger partial charge on any atom is -0.386 e. The van der Waals surface area contributed by atoms with Gasteiger partial charge in [-0.15, -0.1) is 0 Å². The van der Waals surface area contributed by atoms with Crippen molar-refractivity contribution in [1.29, 1.82) is 0 Å². The van der Waals surface area contributed by atoms with Crippen molar-refractivity contribution in [2.45, 2.75) is 44.3 Å². The van der Waals surface area contributed by atoms with E-state index in [0.717, 1.165) is 6.07 Å². The molecule has 0 saturated heterocycles. The number of carbonyl (C=O) groups is 1. The highest BCUT2D eigenvalue weighted by Crippen LogP contribution is 2.49. The van der Waals surface area contributed by atoms with Crippen LogP contribution < -0.4 is 11.1 Å². The first-order chi connectivity index (χ1) is 11.5. The fourth-order valence-corrected chi connectivity index (χ4v) is 2.94. The third-order valence-corrected chi connectivity index (χ3v) is 5.02. The van der Waals surface area contributed by atoms with Crippen LogP contribution in [0.4, 0.5) is 18.9 Å². The maximum absolute atomic E-state index is 14.5. The van der Waals surface area contributed by atoms with Crippen LogP contribution in [0.25, 0.3) is 0 Å². The van der Waals surface area contributed by atoms with Gasteiger partial charge in [-0.1, -0.05) is 0 Å². The summed E-state index contributed by atoms with van der Waals surface area (Å²) < 4.78 is 46.2. The number of ether oxygens (including phenoxy) is 1. The number of amidine groups is 1. The molecule has 2 atom stereocenters. The van der Waals surface area contributed by atoms with Crippen molar-refractivity contribution < 1.29 is 22.7 Å². The third-order valence-electron chi connectivity index (χ3n) is 5.02. The fourth-order valence-electron chi connectivity index (χ4n) is 2.94. The lowest BCUT2D eigenvalue weighted by Gasteiger charge is -2.44. The van der Waals surface area contributed by atoms with Gasteiger partial charge in [-0.05, 0) is 39.0 Å². The first-order valence-electron chi connectivity index (χ1n) is 7.93. The second-order valence-corrected chi connectivity index (χ2v) is 7.18. The standard InChI is InChI=1S/C17H20F3N3O2/c1-15(2)16(3,23-13(21)8-25-15)10-6-9(4-5-12(10)18)22-14(24)11-7-17(11,19)20/h4-6,11H,7-8H2,1-3H3,(H2,21,23)(H,22,24)/t11?,16-/m1/s1. The Morgan fingerprint density at radius 2 is 2.00 bits per heavy atom. The van der Waals surface area contributed by atoms with E-state index in [1.165, 1.54) is 12.1 Å². The Labute approximate surface area is 143 Å². The van der Waals surface area contributed by atoms with E-state index in [4.69, 9.17) is 10.5 Å². The second kappa shape index (κ2) is 5.45. The number of carbonyl (C=O) groups excluding carboxylic acids is 1. The molecule has 1 aliphatic heterocycles. The summed E-state index contributed by atoms with van der Waals surface area (Å²) in [5.41, 5.74) is 4.16. The van der Waals surface area contributed by atoms with Crippen LogP contribution in [0, 0.1) is 11.7 Å². The van der Waals surface area contributed by atoms with E-state index < -0.39 is 41.1 Å². The molecular weight excluding hydrogens is 335 g/mol. The minimum atomic E-state index is -2.96. The van der Waals surface area contributed by atoms with Crippen molar-refractivity contribution in [3.05, 3.63) is 29.6 Å². The smallest absolute Gasteiger partial charge is 0.260 e. The summed E-state index contributed by atoms with van der Waals surface area (Å²) in [6.45, 7) is 5.34. The highest BCUT2D eigenvalue weighted by molar-refractivity contribution is 5.95. The van der Waals surface area contributed by atoms with Crippen molar-refractivity contribution in [1.82, 2.24) is 0 Å². The lowest BCUT2D eigenvalue weighted by molar-refractivity contribution is -0.119. The summed E-state index contributed by atoms with van der Waals surface area (Å²) in [6, 6.07) is 3.88. The maximum Gasteiger partial charge on any atom is 0.260 e. The molecular formula is C17H20F3N3O2. The molecule has 1 unspecified atom stereocenters. The predicted octanol–water partition coefficient (Wildman–Crippen LogP) is 2.80. The van der Waals surface area contributed by atoms with Crippen LogP contribution in [0.3, 0.4) is 0 Å². The lowest BCUT2D eigenvalue weighted by Crippen LogP contribution is -2.52. The summed E-state index contributed by atoms with van der Waals surface area (Å²) in [5.74, 6) is -5.40. The number of aliphatic imine (C=N–C) groups is 1. The number of nitrogens with two attached hydrogens (primary N) is 1. The molecule has 0 radical (unpaired) electrons. The highest BCUT2D eigenvalue weighted by atomic mass is 19.3. The van der Waals surface area contributed by atoms with E-state index in [-0.39, 0.29) is 23.7 Å². The molecule has 8 heteroatoms. The Morgan fingerprint density at radius 1 is 1.36 bits per heavy atom. The van der Waals surface area contributed by atoms with Gasteiger partial charge in [-0.25, -0.2) is 13.2 Å². The highest BCUT2D eigenvalue weighted by Gasteiger charge is 2.61. The monoisotopic (exact) mass is 355 g/mol. The summed E-state index contributed by atoms with van der Waals surface area (Å²) in [5, 5.41) is 2.42. The molecule has 0 bridgehead atoms. The second-order valence-electron chi connectivity index (χ2n) is 7.18. The molecule has 1 aromatic rings. The number of rotatable bonds is 3. The molecule has 1 amide bonds. The number of benzene rings is 1. The van der Waals surface area contributed by atoms with E-state index in [0.29, 0.717) is 0 Å². The molecule has 1 heterocycles. The average Bonchev–Trinajstić information content (AvgIpc) is 3.14. The molecule has 3 rings (SSSR count). The molecule has 1 aliphatic carbocycles. The average molecular weight is 355 g/mol. The van der Waals surface area contributed by atoms with Crippen molar-refractivity contribution in [3.63, 3.8) is 0 Å². The summed E-state index contributed by atoms with van der Waals surface area (Å²) in [6.07, 6.45) is -0.466. The minimum absolute atomic E-state index is 0.136. The van der Waals surface area contributed by atoms with Crippen LogP contribution >= 0.6 is 0 Å². The van der Waals surface area contributed by atoms with E-state index in [1.54, 1.807) is 20.8 Å². The van der Waals surface area contributed by atoms with Crippen molar-refractivity contribution in [3.8, 4) is 0 Å². The van der Waals surface area contributed by atoms with E-state index in [9.17, 15) is 18.0 Å². The van der Waals surface area contributed by atoms with Crippen LogP contribution in [0.15, 0.2) is 23.2 Å². The van der Waals surface area contributed by atoms with Crippen molar-refractivity contribution >= 4 is 17.4 Å². The molecule has 3 N–H and O–H groups in total. The number of nitrogens with zero attached hydrogens (tertiary/aromatic N) is 1. The third kappa shape index (κ3) is 2.99. The molecule has 5 nitrogen and oxygen atoms in total. The van der Waals surface area contributed by atoms with Crippen LogP contribution in [0.5, 0.6) is 0 Å². The first-order valence-corrected chi connectivity index (χ1v) is 7.93. The van der Waals surface area contributed by atoms with E-state index in [2.05, 4.69) is 10.3 Å². The quantitative estimate of drug-likeness (QED) is 0.875. The number of amides is 1. The molecule has 25 heavy (non-hydrogen) atoms. The van der Waals surface area contributed by atoms with Crippen molar-refractivity contribution in [2.75, 3.05) is 11.9 Å². The zero-order chi connectivity index (χ0) is 18.6. The molecule has 2 aliphatic rings. The predicted molar refractivity (Wildman–Crippen MR) is 87.1 cm³/mol. The largest absolute Gasteiger partial charge is 0.386 e. The van der Waals surface area contributed by atoms with Gasteiger partial charge in [0, 0.05) is 17.7 Å². The van der Waals surface area contributed by atoms with Crippen LogP contribution in [0.1, 0.15) is 32.8 Å². The summed E-state index contributed by atoms with van der Waals surface area (Å²) >= 11 is 0. The Balaban J connectivity index is 1.94. The first kappa shape index (κ1) is 17.7. The Kier molecular flexibility index (Phi) is 3.87. The summed E-state index contributed by atoms with van der Waals surface area (Å²) in [7, 11) is 0. The Hall–Kier alpha value is -2.09. The van der Waals surface area contributed by atoms with Gasteiger partial charge in [-0.2, -0.15) is 0 Å². The van der Waals surface area contributed by atoms with Gasteiger partial charge in [0.05, 0.1) is 5.60 Å². The zero-order valence-corrected chi connectivity index (χ0v) is 14.2. The van der Waals surface area contributed by atoms with Gasteiger partial charge < -0.3 is 15.8 Å². The molecule has 0 spiro atoms. The molecule has 1 fully saturated rings. The number of nitrogens with one attached hydrogen (secondary N) is 1.